The van der Waals surface area contributed by atoms with Crippen LogP contribution in [-0.4, -0.2) is 22.2 Å². The van der Waals surface area contributed by atoms with Crippen LogP contribution in [0.15, 0.2) is 18.2 Å². The smallest absolute Gasteiger partial charge is 0.271 e. The molecule has 1 aromatic rings. The number of hydrogen-bond donors (Lipinski definition) is 1. The normalized spacial score (nSPS) is 14.2. The molecule has 0 saturated carbocycles. The van der Waals surface area contributed by atoms with Crippen LogP contribution >= 0.6 is 11.6 Å². The molecule has 0 aliphatic rings. The molecular weight excluding hydrogens is 234 g/mol. The van der Waals surface area contributed by atoms with Crippen LogP contribution in [0.4, 0.5) is 5.69 Å². The monoisotopic (exact) mass is 245 g/mol. The third-order valence-corrected chi connectivity index (χ3v) is 2.41. The van der Waals surface area contributed by atoms with Crippen molar-refractivity contribution in [2.75, 3.05) is 0 Å². The summed E-state index contributed by atoms with van der Waals surface area (Å²) in [7, 11) is 0. The van der Waals surface area contributed by atoms with Crippen LogP contribution < -0.4 is 4.74 Å². The highest BCUT2D eigenvalue weighted by atomic mass is 35.5. The van der Waals surface area contributed by atoms with E-state index in [2.05, 4.69) is 0 Å². The second-order valence-electron chi connectivity index (χ2n) is 3.44. The Kier molecular flexibility index (Phi) is 4.09. The van der Waals surface area contributed by atoms with E-state index in [1.807, 2.05) is 0 Å². The summed E-state index contributed by atoms with van der Waals surface area (Å²) >= 11 is 5.81. The van der Waals surface area contributed by atoms with E-state index in [9.17, 15) is 15.2 Å². The highest BCUT2D eigenvalue weighted by molar-refractivity contribution is 6.32. The average Bonchev–Trinajstić information content (AvgIpc) is 2.20. The molecule has 0 heterocycles. The van der Waals surface area contributed by atoms with Crippen molar-refractivity contribution in [3.63, 3.8) is 0 Å². The number of aliphatic hydroxyl groups excluding tert-OH is 1. The van der Waals surface area contributed by atoms with Crippen molar-refractivity contribution in [3.8, 4) is 5.75 Å². The molecule has 0 fully saturated rings. The first kappa shape index (κ1) is 12.7. The third-order valence-electron chi connectivity index (χ3n) is 2.12. The molecule has 0 saturated heterocycles. The number of nitrogens with zero attached hydrogens (tertiary/aromatic N) is 1. The summed E-state index contributed by atoms with van der Waals surface area (Å²) in [6, 6.07) is 3.93. The highest BCUT2D eigenvalue weighted by Gasteiger charge is 2.15. The number of ether oxygens (including phenoxy) is 1. The molecular formula is C10H12ClNO4. The van der Waals surface area contributed by atoms with Crippen molar-refractivity contribution in [1.82, 2.24) is 0 Å². The molecule has 0 spiro atoms. The van der Waals surface area contributed by atoms with Crippen molar-refractivity contribution < 1.29 is 14.8 Å². The molecule has 2 atom stereocenters. The number of non-ortho nitro benzene ring substituents is 1. The Labute approximate surface area is 97.8 Å². The van der Waals surface area contributed by atoms with Gasteiger partial charge in [0, 0.05) is 12.1 Å². The third kappa shape index (κ3) is 3.08. The number of nitro groups is 1. The number of aliphatic hydroxyl groups is 1. The van der Waals surface area contributed by atoms with E-state index >= 15 is 0 Å². The van der Waals surface area contributed by atoms with Crippen LogP contribution in [0.3, 0.4) is 0 Å². The Bertz CT molecular complexity index is 394. The maximum Gasteiger partial charge on any atom is 0.271 e. The summed E-state index contributed by atoms with van der Waals surface area (Å²) in [6.07, 6.45) is -1.08. The summed E-state index contributed by atoms with van der Waals surface area (Å²) in [6.45, 7) is 3.27. The summed E-state index contributed by atoms with van der Waals surface area (Å²) in [5.41, 5.74) is -0.0953. The maximum atomic E-state index is 10.5. The molecule has 0 aliphatic carbocycles. The molecule has 16 heavy (non-hydrogen) atoms. The van der Waals surface area contributed by atoms with Crippen molar-refractivity contribution in [2.45, 2.75) is 26.1 Å². The lowest BCUT2D eigenvalue weighted by Crippen LogP contribution is -2.25. The van der Waals surface area contributed by atoms with Crippen LogP contribution in [-0.2, 0) is 0 Å². The van der Waals surface area contributed by atoms with E-state index in [0.29, 0.717) is 5.75 Å². The number of hydrogen-bond acceptors (Lipinski definition) is 4. The summed E-state index contributed by atoms with van der Waals surface area (Å²) in [5, 5.41) is 19.9. The Hall–Kier alpha value is -1.33. The molecule has 0 aromatic heterocycles. The minimum absolute atomic E-state index is 0.0953. The number of benzene rings is 1. The Balaban J connectivity index is 2.87. The van der Waals surface area contributed by atoms with Crippen molar-refractivity contribution in [2.24, 2.45) is 0 Å². The van der Waals surface area contributed by atoms with Crippen LogP contribution in [0, 0.1) is 10.1 Å². The standard InChI is InChI=1S/C10H12ClNO4/c1-6(13)7(2)16-10-4-3-8(12(14)15)5-9(10)11/h3-7,13H,1-2H3. The predicted octanol–water partition coefficient (Wildman–Crippen LogP) is 2.40. The van der Waals surface area contributed by atoms with Gasteiger partial charge >= 0.3 is 0 Å². The van der Waals surface area contributed by atoms with Crippen LogP contribution in [0.2, 0.25) is 5.02 Å². The average molecular weight is 246 g/mol. The molecule has 0 amide bonds. The quantitative estimate of drug-likeness (QED) is 0.653. The zero-order valence-corrected chi connectivity index (χ0v) is 9.64. The lowest BCUT2D eigenvalue weighted by molar-refractivity contribution is -0.384. The topological polar surface area (TPSA) is 72.6 Å². The number of halogens is 1. The number of rotatable bonds is 4. The Morgan fingerprint density at radius 2 is 2.12 bits per heavy atom. The molecule has 1 rings (SSSR count). The molecule has 0 aliphatic heterocycles. The minimum atomic E-state index is -0.647. The first-order chi connectivity index (χ1) is 7.41. The molecule has 5 nitrogen and oxygen atoms in total. The Morgan fingerprint density at radius 3 is 2.56 bits per heavy atom. The second kappa shape index (κ2) is 5.14. The number of nitro benzene ring substituents is 1. The van der Waals surface area contributed by atoms with Crippen LogP contribution in [0.1, 0.15) is 13.8 Å². The first-order valence-electron chi connectivity index (χ1n) is 4.70. The molecule has 0 radical (unpaired) electrons. The fourth-order valence-electron chi connectivity index (χ4n) is 0.998. The summed E-state index contributed by atoms with van der Waals surface area (Å²) in [4.78, 5) is 9.93. The van der Waals surface area contributed by atoms with Gasteiger partial charge in [-0.2, -0.15) is 0 Å². The van der Waals surface area contributed by atoms with Gasteiger partial charge in [-0.05, 0) is 19.9 Å². The molecule has 1 N–H and O–H groups in total. The van der Waals surface area contributed by atoms with Gasteiger partial charge in [0.1, 0.15) is 11.9 Å². The zero-order chi connectivity index (χ0) is 12.3. The SMILES string of the molecule is CC(O)C(C)Oc1ccc([N+](=O)[O-])cc1Cl. The van der Waals surface area contributed by atoms with E-state index in [4.69, 9.17) is 16.3 Å². The van der Waals surface area contributed by atoms with Gasteiger partial charge in [-0.15, -0.1) is 0 Å². The Morgan fingerprint density at radius 1 is 1.50 bits per heavy atom. The van der Waals surface area contributed by atoms with E-state index < -0.39 is 17.1 Å². The summed E-state index contributed by atoms with van der Waals surface area (Å²) < 4.78 is 5.34. The van der Waals surface area contributed by atoms with Crippen molar-refractivity contribution in [3.05, 3.63) is 33.3 Å². The molecule has 6 heteroatoms. The predicted molar refractivity (Wildman–Crippen MR) is 59.9 cm³/mol. The molecule has 1 aromatic carbocycles. The maximum absolute atomic E-state index is 10.5. The molecule has 88 valence electrons. The van der Waals surface area contributed by atoms with E-state index in [-0.39, 0.29) is 10.7 Å². The van der Waals surface area contributed by atoms with Gasteiger partial charge in [0.2, 0.25) is 0 Å². The second-order valence-corrected chi connectivity index (χ2v) is 3.84. The van der Waals surface area contributed by atoms with Crippen LogP contribution in [0.25, 0.3) is 0 Å². The van der Waals surface area contributed by atoms with E-state index in [0.717, 1.165) is 0 Å². The van der Waals surface area contributed by atoms with Crippen molar-refractivity contribution >= 4 is 17.3 Å². The van der Waals surface area contributed by atoms with E-state index in [1.165, 1.54) is 18.2 Å². The lowest BCUT2D eigenvalue weighted by Gasteiger charge is -2.17. The van der Waals surface area contributed by atoms with Gasteiger partial charge in [0.15, 0.2) is 0 Å². The zero-order valence-electron chi connectivity index (χ0n) is 8.88. The lowest BCUT2D eigenvalue weighted by atomic mass is 10.2. The van der Waals surface area contributed by atoms with E-state index in [1.54, 1.807) is 13.8 Å². The van der Waals surface area contributed by atoms with Crippen LogP contribution in [0.5, 0.6) is 5.75 Å². The van der Waals surface area contributed by atoms with Crippen molar-refractivity contribution in [1.29, 1.82) is 0 Å². The van der Waals surface area contributed by atoms with Gasteiger partial charge in [-0.1, -0.05) is 11.6 Å². The fraction of sp³-hybridized carbons (Fsp3) is 0.400. The van der Waals surface area contributed by atoms with Gasteiger partial charge in [-0.25, -0.2) is 0 Å². The van der Waals surface area contributed by atoms with Gasteiger partial charge < -0.3 is 9.84 Å². The summed E-state index contributed by atoms with van der Waals surface area (Å²) in [5.74, 6) is 0.320. The van der Waals surface area contributed by atoms with Gasteiger partial charge in [-0.3, -0.25) is 10.1 Å². The van der Waals surface area contributed by atoms with Gasteiger partial charge in [0.25, 0.3) is 5.69 Å². The fourth-order valence-corrected chi connectivity index (χ4v) is 1.22. The molecule has 0 bridgehead atoms. The molecule has 2 unspecified atom stereocenters. The highest BCUT2D eigenvalue weighted by Crippen LogP contribution is 2.29. The first-order valence-corrected chi connectivity index (χ1v) is 5.08. The minimum Gasteiger partial charge on any atom is -0.486 e. The largest absolute Gasteiger partial charge is 0.486 e. The van der Waals surface area contributed by atoms with Gasteiger partial charge in [0.05, 0.1) is 16.0 Å².